The first-order chi connectivity index (χ1) is 34.0. The average molecular weight is 974 g/mol. The molecular weight excluding hydrogens is 853 g/mol. The summed E-state index contributed by atoms with van der Waals surface area (Å²) >= 11 is 0. The largest absolute Gasteiger partial charge is 0.462 e. The molecule has 0 aliphatic heterocycles. The van der Waals surface area contributed by atoms with Crippen LogP contribution in [0.2, 0.25) is 0 Å². The zero-order chi connectivity index (χ0) is 50.0. The minimum atomic E-state index is -0.771. The van der Waals surface area contributed by atoms with Gasteiger partial charge in [0.1, 0.15) is 13.2 Å². The van der Waals surface area contributed by atoms with Gasteiger partial charge in [-0.1, -0.05) is 303 Å². The second-order valence-corrected chi connectivity index (χ2v) is 21.3. The fraction of sp³-hybridized carbons (Fsp3) is 0.921. The molecule has 0 spiro atoms. The first kappa shape index (κ1) is 67.1. The van der Waals surface area contributed by atoms with Gasteiger partial charge < -0.3 is 14.2 Å². The van der Waals surface area contributed by atoms with Crippen molar-refractivity contribution in [3.63, 3.8) is 0 Å². The molecule has 0 bridgehead atoms. The Morgan fingerprint density at radius 3 is 0.739 bits per heavy atom. The van der Waals surface area contributed by atoms with Crippen molar-refractivity contribution in [1.29, 1.82) is 0 Å². The maximum Gasteiger partial charge on any atom is 0.306 e. The molecule has 0 amide bonds. The van der Waals surface area contributed by atoms with Gasteiger partial charge in [0, 0.05) is 19.3 Å². The first-order valence-electron chi connectivity index (χ1n) is 31.2. The third-order valence-electron chi connectivity index (χ3n) is 14.3. The Labute approximate surface area is 431 Å². The Morgan fingerprint density at radius 2 is 0.478 bits per heavy atom. The van der Waals surface area contributed by atoms with Crippen molar-refractivity contribution in [2.45, 2.75) is 361 Å². The quantitative estimate of drug-likeness (QED) is 0.0261. The average Bonchev–Trinajstić information content (AvgIpc) is 3.35. The van der Waals surface area contributed by atoms with Crippen LogP contribution in [0.3, 0.4) is 0 Å². The summed E-state index contributed by atoms with van der Waals surface area (Å²) in [5, 5.41) is 0. The summed E-state index contributed by atoms with van der Waals surface area (Å²) < 4.78 is 16.9. The highest BCUT2D eigenvalue weighted by Crippen LogP contribution is 2.18. The number of allylic oxidation sites excluding steroid dienone is 2. The van der Waals surface area contributed by atoms with E-state index in [1.54, 1.807) is 0 Å². The van der Waals surface area contributed by atoms with Crippen LogP contribution in [0, 0.1) is 0 Å². The Hall–Kier alpha value is -1.85. The molecule has 1 atom stereocenters. The minimum absolute atomic E-state index is 0.0682. The lowest BCUT2D eigenvalue weighted by atomic mass is 10.0. The van der Waals surface area contributed by atoms with Crippen LogP contribution < -0.4 is 0 Å². The Kier molecular flexibility index (Phi) is 57.1. The topological polar surface area (TPSA) is 78.9 Å². The second-order valence-electron chi connectivity index (χ2n) is 21.3. The highest BCUT2D eigenvalue weighted by Gasteiger charge is 2.19. The lowest BCUT2D eigenvalue weighted by Crippen LogP contribution is -2.30. The summed E-state index contributed by atoms with van der Waals surface area (Å²) in [7, 11) is 0. The van der Waals surface area contributed by atoms with Crippen molar-refractivity contribution in [1.82, 2.24) is 0 Å². The van der Waals surface area contributed by atoms with Gasteiger partial charge in [-0.2, -0.15) is 0 Å². The molecule has 0 fully saturated rings. The van der Waals surface area contributed by atoms with Gasteiger partial charge >= 0.3 is 17.9 Å². The van der Waals surface area contributed by atoms with Crippen LogP contribution in [0.25, 0.3) is 0 Å². The van der Waals surface area contributed by atoms with E-state index in [-0.39, 0.29) is 31.1 Å². The van der Waals surface area contributed by atoms with Crippen molar-refractivity contribution < 1.29 is 28.6 Å². The van der Waals surface area contributed by atoms with E-state index in [9.17, 15) is 14.4 Å². The first-order valence-corrected chi connectivity index (χ1v) is 31.2. The number of rotatable bonds is 58. The molecule has 0 heterocycles. The molecule has 6 nitrogen and oxygen atoms in total. The van der Waals surface area contributed by atoms with E-state index < -0.39 is 6.10 Å². The number of esters is 3. The summed E-state index contributed by atoms with van der Waals surface area (Å²) in [5.41, 5.74) is 0. The molecule has 0 aliphatic rings. The van der Waals surface area contributed by atoms with Crippen molar-refractivity contribution in [2.75, 3.05) is 13.2 Å². The zero-order valence-electron chi connectivity index (χ0n) is 46.9. The summed E-state index contributed by atoms with van der Waals surface area (Å²) in [6.45, 7) is 6.69. The van der Waals surface area contributed by atoms with Crippen LogP contribution in [0.1, 0.15) is 355 Å². The predicted molar refractivity (Wildman–Crippen MR) is 298 cm³/mol. The Morgan fingerprint density at radius 1 is 0.275 bits per heavy atom. The monoisotopic (exact) mass is 973 g/mol. The van der Waals surface area contributed by atoms with Crippen LogP contribution in [-0.2, 0) is 28.6 Å². The number of carbonyl (C=O) groups excluding carboxylic acids is 3. The van der Waals surface area contributed by atoms with Crippen LogP contribution in [0.4, 0.5) is 0 Å². The fourth-order valence-corrected chi connectivity index (χ4v) is 9.56. The standard InChI is InChI=1S/C63H120O6/c1-4-7-10-13-16-19-22-25-27-29-31-33-35-38-41-44-47-50-53-56-62(65)68-59-60(58-67-61(64)55-52-49-46-43-40-37-24-21-18-15-12-9-6-3)69-63(66)57-54-51-48-45-42-39-36-34-32-30-28-26-23-20-17-14-11-8-5-2/h37,40,60H,4-36,38-39,41-59H2,1-3H3/b40-37-. The molecule has 0 radical (unpaired) electrons. The number of hydrogen-bond donors (Lipinski definition) is 0. The van der Waals surface area contributed by atoms with Gasteiger partial charge in [-0.05, 0) is 44.9 Å². The maximum absolute atomic E-state index is 12.9. The molecular formula is C63H120O6. The van der Waals surface area contributed by atoms with Crippen LogP contribution in [-0.4, -0.2) is 37.2 Å². The minimum Gasteiger partial charge on any atom is -0.462 e. The molecule has 0 N–H and O–H groups in total. The molecule has 6 heteroatoms. The number of unbranched alkanes of at least 4 members (excludes halogenated alkanes) is 45. The Bertz CT molecular complexity index is 1070. The number of hydrogen-bond acceptors (Lipinski definition) is 6. The summed E-state index contributed by atoms with van der Waals surface area (Å²) in [4.78, 5) is 38.2. The van der Waals surface area contributed by atoms with Gasteiger partial charge in [-0.25, -0.2) is 0 Å². The highest BCUT2D eigenvalue weighted by molar-refractivity contribution is 5.71. The Balaban J connectivity index is 4.28. The second kappa shape index (κ2) is 58.7. The van der Waals surface area contributed by atoms with E-state index in [2.05, 4.69) is 32.9 Å². The van der Waals surface area contributed by atoms with E-state index in [1.165, 1.54) is 250 Å². The smallest absolute Gasteiger partial charge is 0.306 e. The number of carbonyl (C=O) groups is 3. The van der Waals surface area contributed by atoms with Gasteiger partial charge in [0.2, 0.25) is 0 Å². The fourth-order valence-electron chi connectivity index (χ4n) is 9.56. The van der Waals surface area contributed by atoms with E-state index in [0.29, 0.717) is 19.3 Å². The third kappa shape index (κ3) is 56.9. The molecule has 0 rings (SSSR count). The van der Waals surface area contributed by atoms with E-state index >= 15 is 0 Å². The van der Waals surface area contributed by atoms with E-state index in [0.717, 1.165) is 64.2 Å². The van der Waals surface area contributed by atoms with Gasteiger partial charge in [0.05, 0.1) is 0 Å². The SMILES string of the molecule is CCCCCCCC/C=C\CCCCCC(=O)OCC(COC(=O)CCCCCCCCCCCCCCCCCCCCC)OC(=O)CCCCCCCCCCCCCCCCCCCCC. The van der Waals surface area contributed by atoms with Gasteiger partial charge in [0.15, 0.2) is 6.10 Å². The van der Waals surface area contributed by atoms with Crippen molar-refractivity contribution in [3.05, 3.63) is 12.2 Å². The van der Waals surface area contributed by atoms with Crippen LogP contribution >= 0.6 is 0 Å². The molecule has 1 unspecified atom stereocenters. The molecule has 0 saturated heterocycles. The van der Waals surface area contributed by atoms with Gasteiger partial charge in [0.25, 0.3) is 0 Å². The van der Waals surface area contributed by atoms with E-state index in [4.69, 9.17) is 14.2 Å². The molecule has 0 aromatic heterocycles. The lowest BCUT2D eigenvalue weighted by Gasteiger charge is -2.18. The zero-order valence-corrected chi connectivity index (χ0v) is 46.9. The van der Waals surface area contributed by atoms with Crippen LogP contribution in [0.15, 0.2) is 12.2 Å². The number of ether oxygens (including phenoxy) is 3. The molecule has 0 aromatic rings. The van der Waals surface area contributed by atoms with Crippen molar-refractivity contribution in [2.24, 2.45) is 0 Å². The third-order valence-corrected chi connectivity index (χ3v) is 14.3. The molecule has 408 valence electrons. The summed E-state index contributed by atoms with van der Waals surface area (Å²) in [5.74, 6) is -0.856. The van der Waals surface area contributed by atoms with Gasteiger partial charge in [-0.3, -0.25) is 14.4 Å². The molecule has 0 aromatic carbocycles. The molecule has 0 aliphatic carbocycles. The molecule has 0 saturated carbocycles. The lowest BCUT2D eigenvalue weighted by molar-refractivity contribution is -0.167. The summed E-state index contributed by atoms with van der Waals surface area (Å²) in [6, 6.07) is 0. The van der Waals surface area contributed by atoms with E-state index in [1.807, 2.05) is 0 Å². The highest BCUT2D eigenvalue weighted by atomic mass is 16.6. The molecule has 69 heavy (non-hydrogen) atoms. The summed E-state index contributed by atoms with van der Waals surface area (Å²) in [6.07, 6.45) is 67.9. The van der Waals surface area contributed by atoms with Crippen molar-refractivity contribution in [3.8, 4) is 0 Å². The normalized spacial score (nSPS) is 12.0. The van der Waals surface area contributed by atoms with Crippen molar-refractivity contribution >= 4 is 17.9 Å². The van der Waals surface area contributed by atoms with Crippen LogP contribution in [0.5, 0.6) is 0 Å². The maximum atomic E-state index is 12.9. The van der Waals surface area contributed by atoms with Gasteiger partial charge in [-0.15, -0.1) is 0 Å². The predicted octanol–water partition coefficient (Wildman–Crippen LogP) is 20.9.